The molecular formula is C11H23N3O3. The molecule has 0 bridgehead atoms. The number of rotatable bonds is 7. The highest BCUT2D eigenvalue weighted by atomic mass is 16.5. The molecule has 1 saturated heterocycles. The maximum Gasteiger partial charge on any atom is 0.242 e. The minimum Gasteiger partial charge on any atom is -0.379 e. The molecule has 0 aliphatic carbocycles. The molecule has 0 aromatic heterocycles. The highest BCUT2D eigenvalue weighted by molar-refractivity contribution is 5.86. The number of nitrogens with one attached hydrogen (secondary N) is 1. The molecule has 1 aliphatic heterocycles. The number of hydrogen-bond donors (Lipinski definition) is 2. The summed E-state index contributed by atoms with van der Waals surface area (Å²) in [5.74, 6) is -0.147. The normalized spacial score (nSPS) is 24.2. The second kappa shape index (κ2) is 6.90. The van der Waals surface area contributed by atoms with Crippen LogP contribution in [0.15, 0.2) is 0 Å². The monoisotopic (exact) mass is 245 g/mol. The van der Waals surface area contributed by atoms with Crippen molar-refractivity contribution in [3.8, 4) is 0 Å². The van der Waals surface area contributed by atoms with Gasteiger partial charge in [0.1, 0.15) is 5.54 Å². The molecule has 17 heavy (non-hydrogen) atoms. The van der Waals surface area contributed by atoms with Crippen LogP contribution in [0.25, 0.3) is 0 Å². The van der Waals surface area contributed by atoms with Crippen LogP contribution in [0.4, 0.5) is 0 Å². The molecule has 0 aromatic rings. The largest absolute Gasteiger partial charge is 0.379 e. The molecule has 0 saturated carbocycles. The SMILES string of the molecule is CN(C)CCOCCNC(=O)C1(N)CCOC1. The zero-order chi connectivity index (χ0) is 12.7. The zero-order valence-electron chi connectivity index (χ0n) is 10.7. The number of hydrogen-bond acceptors (Lipinski definition) is 5. The van der Waals surface area contributed by atoms with E-state index in [-0.39, 0.29) is 5.91 Å². The quantitative estimate of drug-likeness (QED) is 0.551. The third kappa shape index (κ3) is 4.99. The molecule has 0 spiro atoms. The molecule has 0 aromatic carbocycles. The summed E-state index contributed by atoms with van der Waals surface area (Å²) in [6, 6.07) is 0. The smallest absolute Gasteiger partial charge is 0.242 e. The average Bonchev–Trinajstić information content (AvgIpc) is 2.71. The number of carbonyl (C=O) groups excluding carboxylic acids is 1. The molecule has 1 aliphatic rings. The summed E-state index contributed by atoms with van der Waals surface area (Å²) in [6.45, 7) is 3.41. The lowest BCUT2D eigenvalue weighted by molar-refractivity contribution is -0.126. The van der Waals surface area contributed by atoms with Crippen molar-refractivity contribution < 1.29 is 14.3 Å². The summed E-state index contributed by atoms with van der Waals surface area (Å²) < 4.78 is 10.5. The summed E-state index contributed by atoms with van der Waals surface area (Å²) in [5, 5.41) is 2.77. The fraction of sp³-hybridized carbons (Fsp3) is 0.909. The Hall–Kier alpha value is -0.690. The van der Waals surface area contributed by atoms with Gasteiger partial charge in [-0.1, -0.05) is 0 Å². The summed E-state index contributed by atoms with van der Waals surface area (Å²) >= 11 is 0. The molecule has 3 N–H and O–H groups in total. The molecule has 1 atom stereocenters. The second-order valence-electron chi connectivity index (χ2n) is 4.63. The zero-order valence-corrected chi connectivity index (χ0v) is 10.7. The lowest BCUT2D eigenvalue weighted by Gasteiger charge is -2.20. The Kier molecular flexibility index (Phi) is 5.84. The van der Waals surface area contributed by atoms with E-state index in [9.17, 15) is 4.79 Å². The van der Waals surface area contributed by atoms with E-state index in [1.807, 2.05) is 19.0 Å². The van der Waals surface area contributed by atoms with E-state index < -0.39 is 5.54 Å². The second-order valence-corrected chi connectivity index (χ2v) is 4.63. The third-order valence-corrected chi connectivity index (χ3v) is 2.72. The first-order valence-electron chi connectivity index (χ1n) is 5.92. The molecule has 1 rings (SSSR count). The standard InChI is InChI=1S/C11H23N3O3/c1-14(2)5-8-16-7-4-13-10(15)11(12)3-6-17-9-11/h3-9,12H2,1-2H3,(H,13,15). The third-order valence-electron chi connectivity index (χ3n) is 2.72. The van der Waals surface area contributed by atoms with E-state index >= 15 is 0 Å². The van der Waals surface area contributed by atoms with Gasteiger partial charge in [0.2, 0.25) is 5.91 Å². The first-order chi connectivity index (χ1) is 8.04. The fourth-order valence-corrected chi connectivity index (χ4v) is 1.52. The molecule has 1 fully saturated rings. The van der Waals surface area contributed by atoms with Gasteiger partial charge in [0.25, 0.3) is 0 Å². The first kappa shape index (κ1) is 14.4. The minimum atomic E-state index is -0.844. The van der Waals surface area contributed by atoms with Crippen molar-refractivity contribution in [2.75, 3.05) is 53.6 Å². The van der Waals surface area contributed by atoms with Crippen molar-refractivity contribution in [1.82, 2.24) is 10.2 Å². The van der Waals surface area contributed by atoms with Gasteiger partial charge in [-0.2, -0.15) is 0 Å². The Morgan fingerprint density at radius 2 is 2.29 bits per heavy atom. The Morgan fingerprint density at radius 3 is 2.88 bits per heavy atom. The van der Waals surface area contributed by atoms with Crippen LogP contribution in [0.5, 0.6) is 0 Å². The van der Waals surface area contributed by atoms with Crippen LogP contribution in [0.3, 0.4) is 0 Å². The van der Waals surface area contributed by atoms with Crippen molar-refractivity contribution in [1.29, 1.82) is 0 Å². The van der Waals surface area contributed by atoms with Gasteiger partial charge in [0.05, 0.1) is 19.8 Å². The molecule has 6 heteroatoms. The van der Waals surface area contributed by atoms with Crippen LogP contribution in [0.2, 0.25) is 0 Å². The summed E-state index contributed by atoms with van der Waals surface area (Å²) in [5.41, 5.74) is 5.06. The topological polar surface area (TPSA) is 76.8 Å². The molecular weight excluding hydrogens is 222 g/mol. The molecule has 1 amide bonds. The van der Waals surface area contributed by atoms with Crippen LogP contribution in [0, 0.1) is 0 Å². The number of carbonyl (C=O) groups is 1. The summed E-state index contributed by atoms with van der Waals surface area (Å²) in [6.07, 6.45) is 0.584. The van der Waals surface area contributed by atoms with Crippen LogP contribution in [-0.4, -0.2) is 70.0 Å². The molecule has 1 heterocycles. The van der Waals surface area contributed by atoms with Gasteiger partial charge in [-0.15, -0.1) is 0 Å². The summed E-state index contributed by atoms with van der Waals surface area (Å²) in [4.78, 5) is 13.8. The maximum atomic E-state index is 11.7. The average molecular weight is 245 g/mol. The van der Waals surface area contributed by atoms with Crippen LogP contribution in [0.1, 0.15) is 6.42 Å². The number of nitrogens with zero attached hydrogens (tertiary/aromatic N) is 1. The van der Waals surface area contributed by atoms with E-state index in [0.717, 1.165) is 6.54 Å². The van der Waals surface area contributed by atoms with Gasteiger partial charge in [-0.3, -0.25) is 4.79 Å². The Morgan fingerprint density at radius 1 is 1.53 bits per heavy atom. The van der Waals surface area contributed by atoms with E-state index in [4.69, 9.17) is 15.2 Å². The Bertz CT molecular complexity index is 240. The number of nitrogens with two attached hydrogens (primary N) is 1. The highest BCUT2D eigenvalue weighted by Gasteiger charge is 2.37. The van der Waals surface area contributed by atoms with Gasteiger partial charge in [-0.05, 0) is 20.5 Å². The molecule has 100 valence electrons. The van der Waals surface area contributed by atoms with Gasteiger partial charge < -0.3 is 25.4 Å². The van der Waals surface area contributed by atoms with E-state index in [2.05, 4.69) is 5.32 Å². The van der Waals surface area contributed by atoms with Crippen molar-refractivity contribution in [2.45, 2.75) is 12.0 Å². The number of amides is 1. The predicted molar refractivity (Wildman–Crippen MR) is 64.7 cm³/mol. The highest BCUT2D eigenvalue weighted by Crippen LogP contribution is 2.14. The van der Waals surface area contributed by atoms with Crippen molar-refractivity contribution in [3.05, 3.63) is 0 Å². The van der Waals surface area contributed by atoms with Crippen LogP contribution < -0.4 is 11.1 Å². The fourth-order valence-electron chi connectivity index (χ4n) is 1.52. The van der Waals surface area contributed by atoms with Gasteiger partial charge in [0, 0.05) is 19.7 Å². The Labute approximate surface area is 102 Å². The van der Waals surface area contributed by atoms with E-state index in [1.54, 1.807) is 0 Å². The van der Waals surface area contributed by atoms with Crippen molar-refractivity contribution >= 4 is 5.91 Å². The molecule has 6 nitrogen and oxygen atoms in total. The minimum absolute atomic E-state index is 0.147. The number of likely N-dealkylation sites (N-methyl/N-ethyl adjacent to an activating group) is 1. The first-order valence-corrected chi connectivity index (χ1v) is 5.92. The van der Waals surface area contributed by atoms with Crippen molar-refractivity contribution in [3.63, 3.8) is 0 Å². The van der Waals surface area contributed by atoms with E-state index in [0.29, 0.717) is 39.4 Å². The van der Waals surface area contributed by atoms with Gasteiger partial charge in [-0.25, -0.2) is 0 Å². The van der Waals surface area contributed by atoms with E-state index in [1.165, 1.54) is 0 Å². The number of ether oxygens (including phenoxy) is 2. The van der Waals surface area contributed by atoms with Crippen LogP contribution in [-0.2, 0) is 14.3 Å². The molecule has 1 unspecified atom stereocenters. The predicted octanol–water partition coefficient (Wildman–Crippen LogP) is -1.20. The van der Waals surface area contributed by atoms with Crippen molar-refractivity contribution in [2.24, 2.45) is 5.73 Å². The van der Waals surface area contributed by atoms with Gasteiger partial charge >= 0.3 is 0 Å². The maximum absolute atomic E-state index is 11.7. The van der Waals surface area contributed by atoms with Gasteiger partial charge in [0.15, 0.2) is 0 Å². The lowest BCUT2D eigenvalue weighted by atomic mass is 9.99. The lowest BCUT2D eigenvalue weighted by Crippen LogP contribution is -2.55. The molecule has 0 radical (unpaired) electrons. The Balaban J connectivity index is 2.04. The van der Waals surface area contributed by atoms with Crippen LogP contribution >= 0.6 is 0 Å². The summed E-state index contributed by atoms with van der Waals surface area (Å²) in [7, 11) is 3.98.